The van der Waals surface area contributed by atoms with Gasteiger partial charge in [0.25, 0.3) is 5.69 Å². The molecule has 1 fully saturated rings. The van der Waals surface area contributed by atoms with Crippen LogP contribution >= 0.6 is 11.6 Å². The topological polar surface area (TPSA) is 75.8 Å². The lowest BCUT2D eigenvalue weighted by Crippen LogP contribution is -2.46. The number of likely N-dealkylation sites (N-methyl/N-ethyl adjacent to an activating group) is 1. The maximum atomic E-state index is 10.8. The first kappa shape index (κ1) is 16.0. The van der Waals surface area contributed by atoms with E-state index in [2.05, 4.69) is 0 Å². The highest BCUT2D eigenvalue weighted by atomic mass is 35.5. The van der Waals surface area contributed by atoms with Crippen LogP contribution in [0, 0.1) is 17.0 Å². The minimum absolute atomic E-state index is 0.0283. The monoisotopic (exact) mass is 314 g/mol. The summed E-state index contributed by atoms with van der Waals surface area (Å²) >= 11 is 6.18. The molecule has 1 aliphatic rings. The van der Waals surface area contributed by atoms with Gasteiger partial charge in [-0.25, -0.2) is 0 Å². The van der Waals surface area contributed by atoms with Gasteiger partial charge in [0.2, 0.25) is 0 Å². The van der Waals surface area contributed by atoms with Gasteiger partial charge in [0, 0.05) is 51.8 Å². The SMILES string of the molecule is Cc1cc([N+](=O)[O-])cc(Cl)c1N(C)CC1(O)CCOCC1. The molecule has 0 radical (unpaired) electrons. The summed E-state index contributed by atoms with van der Waals surface area (Å²) in [7, 11) is 1.83. The van der Waals surface area contributed by atoms with Gasteiger partial charge in [0.05, 0.1) is 21.2 Å². The molecule has 6 nitrogen and oxygen atoms in total. The summed E-state index contributed by atoms with van der Waals surface area (Å²) in [4.78, 5) is 12.2. The predicted molar refractivity (Wildman–Crippen MR) is 81.1 cm³/mol. The van der Waals surface area contributed by atoms with Crippen LogP contribution in [0.15, 0.2) is 12.1 Å². The van der Waals surface area contributed by atoms with Crippen LogP contribution in [-0.4, -0.2) is 42.4 Å². The first-order valence-corrected chi connectivity index (χ1v) is 7.16. The molecule has 116 valence electrons. The van der Waals surface area contributed by atoms with E-state index in [0.29, 0.717) is 48.9 Å². The molecule has 1 heterocycles. The van der Waals surface area contributed by atoms with Crippen molar-refractivity contribution in [2.24, 2.45) is 0 Å². The van der Waals surface area contributed by atoms with Crippen LogP contribution in [0.3, 0.4) is 0 Å². The maximum absolute atomic E-state index is 10.8. The number of hydrogen-bond donors (Lipinski definition) is 1. The van der Waals surface area contributed by atoms with E-state index < -0.39 is 10.5 Å². The average molecular weight is 315 g/mol. The van der Waals surface area contributed by atoms with Crippen LogP contribution in [0.1, 0.15) is 18.4 Å². The van der Waals surface area contributed by atoms with Gasteiger partial charge in [0.15, 0.2) is 0 Å². The van der Waals surface area contributed by atoms with Crippen molar-refractivity contribution in [1.82, 2.24) is 0 Å². The van der Waals surface area contributed by atoms with E-state index in [1.54, 1.807) is 6.92 Å². The Kier molecular flexibility index (Phi) is 4.70. The first-order valence-electron chi connectivity index (χ1n) is 6.78. The number of benzene rings is 1. The predicted octanol–water partition coefficient (Wildman–Crippen LogP) is 2.53. The minimum Gasteiger partial charge on any atom is -0.388 e. The van der Waals surface area contributed by atoms with Crippen LogP contribution in [-0.2, 0) is 4.74 Å². The molecule has 0 aliphatic carbocycles. The van der Waals surface area contributed by atoms with Crippen LogP contribution in [0.25, 0.3) is 0 Å². The minimum atomic E-state index is -0.815. The average Bonchev–Trinajstić information content (AvgIpc) is 2.37. The van der Waals surface area contributed by atoms with Gasteiger partial charge >= 0.3 is 0 Å². The van der Waals surface area contributed by atoms with Gasteiger partial charge < -0.3 is 14.7 Å². The Hall–Kier alpha value is -1.37. The fourth-order valence-electron chi connectivity index (χ4n) is 2.74. The summed E-state index contributed by atoms with van der Waals surface area (Å²) in [5.41, 5.74) is 0.582. The quantitative estimate of drug-likeness (QED) is 0.682. The number of aliphatic hydroxyl groups is 1. The van der Waals surface area contributed by atoms with Crippen molar-refractivity contribution < 1.29 is 14.8 Å². The van der Waals surface area contributed by atoms with Gasteiger partial charge in [-0.15, -0.1) is 0 Å². The molecule has 1 N–H and O–H groups in total. The normalized spacial score (nSPS) is 17.5. The van der Waals surface area contributed by atoms with Crippen molar-refractivity contribution in [3.63, 3.8) is 0 Å². The maximum Gasteiger partial charge on any atom is 0.271 e. The van der Waals surface area contributed by atoms with Gasteiger partial charge in [-0.3, -0.25) is 10.1 Å². The molecule has 1 aliphatic heterocycles. The highest BCUT2D eigenvalue weighted by Gasteiger charge is 2.32. The van der Waals surface area contributed by atoms with Crippen LogP contribution in [0.5, 0.6) is 0 Å². The van der Waals surface area contributed by atoms with Gasteiger partial charge in [-0.05, 0) is 12.5 Å². The smallest absolute Gasteiger partial charge is 0.271 e. The lowest BCUT2D eigenvalue weighted by Gasteiger charge is -2.36. The largest absolute Gasteiger partial charge is 0.388 e. The van der Waals surface area contributed by atoms with E-state index in [4.69, 9.17) is 16.3 Å². The number of halogens is 1. The molecule has 1 aromatic carbocycles. The fraction of sp³-hybridized carbons (Fsp3) is 0.571. The molecule has 2 rings (SSSR count). The summed E-state index contributed by atoms with van der Waals surface area (Å²) in [6.07, 6.45) is 1.14. The van der Waals surface area contributed by atoms with Crippen LogP contribution in [0.2, 0.25) is 5.02 Å². The van der Waals surface area contributed by atoms with Crippen LogP contribution < -0.4 is 4.90 Å². The van der Waals surface area contributed by atoms with Crippen molar-refractivity contribution in [2.45, 2.75) is 25.4 Å². The summed E-state index contributed by atoms with van der Waals surface area (Å²) in [6.45, 7) is 3.27. The number of nitro benzene ring substituents is 1. The second kappa shape index (κ2) is 6.17. The number of aryl methyl sites for hydroxylation is 1. The van der Waals surface area contributed by atoms with E-state index in [1.165, 1.54) is 12.1 Å². The molecule has 0 atom stereocenters. The third-order valence-electron chi connectivity index (χ3n) is 3.79. The lowest BCUT2D eigenvalue weighted by molar-refractivity contribution is -0.384. The molecule has 0 unspecified atom stereocenters. The summed E-state index contributed by atoms with van der Waals surface area (Å²) in [5, 5.41) is 21.7. The van der Waals surface area contributed by atoms with Gasteiger partial charge in [-0.2, -0.15) is 0 Å². The molecule has 7 heteroatoms. The second-order valence-electron chi connectivity index (χ2n) is 5.54. The number of anilines is 1. The van der Waals surface area contributed by atoms with Gasteiger partial charge in [-0.1, -0.05) is 11.6 Å². The molecule has 0 bridgehead atoms. The van der Waals surface area contributed by atoms with Gasteiger partial charge in [0.1, 0.15) is 0 Å². The zero-order chi connectivity index (χ0) is 15.6. The van der Waals surface area contributed by atoms with E-state index in [0.717, 1.165) is 0 Å². The Morgan fingerprint density at radius 2 is 2.10 bits per heavy atom. The summed E-state index contributed by atoms with van der Waals surface area (Å²) in [5.74, 6) is 0. The number of ether oxygens (including phenoxy) is 1. The molecule has 21 heavy (non-hydrogen) atoms. The summed E-state index contributed by atoms with van der Waals surface area (Å²) < 4.78 is 5.26. The van der Waals surface area contributed by atoms with E-state index in [1.807, 2.05) is 11.9 Å². The lowest BCUT2D eigenvalue weighted by atomic mass is 9.93. The number of rotatable bonds is 4. The standard InChI is InChI=1S/C14H19ClN2O4/c1-10-7-11(17(19)20)8-12(15)13(10)16(2)9-14(18)3-5-21-6-4-14/h7-8,18H,3-6,9H2,1-2H3. The Morgan fingerprint density at radius 1 is 1.48 bits per heavy atom. The third kappa shape index (κ3) is 3.64. The molecule has 0 aromatic heterocycles. The molecule has 0 saturated carbocycles. The highest BCUT2D eigenvalue weighted by Crippen LogP contribution is 2.34. The number of nitrogens with zero attached hydrogens (tertiary/aromatic N) is 2. The molecule has 1 aromatic rings. The van der Waals surface area contributed by atoms with Crippen molar-refractivity contribution in [3.8, 4) is 0 Å². The number of hydrogen-bond acceptors (Lipinski definition) is 5. The highest BCUT2D eigenvalue weighted by molar-refractivity contribution is 6.33. The van der Waals surface area contributed by atoms with E-state index in [-0.39, 0.29) is 5.69 Å². The third-order valence-corrected chi connectivity index (χ3v) is 4.07. The van der Waals surface area contributed by atoms with Crippen molar-refractivity contribution in [2.75, 3.05) is 31.7 Å². The number of non-ortho nitro benzene ring substituents is 1. The Bertz CT molecular complexity index is 521. The van der Waals surface area contributed by atoms with Crippen molar-refractivity contribution in [3.05, 3.63) is 32.8 Å². The van der Waals surface area contributed by atoms with Crippen molar-refractivity contribution in [1.29, 1.82) is 0 Å². The molecule has 1 saturated heterocycles. The Morgan fingerprint density at radius 3 is 2.62 bits per heavy atom. The first-order chi connectivity index (χ1) is 9.82. The molecular formula is C14H19ClN2O4. The second-order valence-corrected chi connectivity index (χ2v) is 5.95. The molecule has 0 amide bonds. The molecular weight excluding hydrogens is 296 g/mol. The Labute approximate surface area is 128 Å². The zero-order valence-electron chi connectivity index (χ0n) is 12.1. The van der Waals surface area contributed by atoms with E-state index >= 15 is 0 Å². The zero-order valence-corrected chi connectivity index (χ0v) is 12.9. The fourth-order valence-corrected chi connectivity index (χ4v) is 3.14. The summed E-state index contributed by atoms with van der Waals surface area (Å²) in [6, 6.07) is 2.83. The molecule has 0 spiro atoms. The van der Waals surface area contributed by atoms with Crippen LogP contribution in [0.4, 0.5) is 11.4 Å². The van der Waals surface area contributed by atoms with Crippen molar-refractivity contribution >= 4 is 23.0 Å². The number of nitro groups is 1. The Balaban J connectivity index is 2.22. The van der Waals surface area contributed by atoms with E-state index in [9.17, 15) is 15.2 Å².